The van der Waals surface area contributed by atoms with Crippen molar-refractivity contribution in [1.29, 1.82) is 0 Å². The van der Waals surface area contributed by atoms with Crippen LogP contribution >= 0.6 is 23.1 Å². The van der Waals surface area contributed by atoms with Crippen LogP contribution in [0.5, 0.6) is 0 Å². The van der Waals surface area contributed by atoms with Crippen LogP contribution in [0.1, 0.15) is 29.5 Å². The van der Waals surface area contributed by atoms with Gasteiger partial charge in [-0.2, -0.15) is 0 Å². The quantitative estimate of drug-likeness (QED) is 0.675. The van der Waals surface area contributed by atoms with E-state index in [4.69, 9.17) is 4.98 Å². The van der Waals surface area contributed by atoms with Gasteiger partial charge in [0.2, 0.25) is 0 Å². The van der Waals surface area contributed by atoms with Gasteiger partial charge in [-0.1, -0.05) is 0 Å². The number of hydrogen-bond acceptors (Lipinski definition) is 4. The van der Waals surface area contributed by atoms with Crippen LogP contribution in [0.2, 0.25) is 0 Å². The topological polar surface area (TPSA) is 30.7 Å². The van der Waals surface area contributed by atoms with Gasteiger partial charge in [0.1, 0.15) is 5.52 Å². The van der Waals surface area contributed by atoms with E-state index in [0.29, 0.717) is 5.37 Å². The zero-order valence-corrected chi connectivity index (χ0v) is 13.6. The summed E-state index contributed by atoms with van der Waals surface area (Å²) in [5, 5.41) is 0.469. The van der Waals surface area contributed by atoms with Gasteiger partial charge in [-0.05, 0) is 56.2 Å². The van der Waals surface area contributed by atoms with E-state index in [1.165, 1.54) is 34.8 Å². The van der Waals surface area contributed by atoms with Crippen LogP contribution in [-0.2, 0) is 0 Å². The highest BCUT2D eigenvalue weighted by molar-refractivity contribution is 7.99. The van der Waals surface area contributed by atoms with Crippen molar-refractivity contribution in [3.8, 4) is 10.7 Å². The molecular formula is C16H17N3S2. The van der Waals surface area contributed by atoms with E-state index in [1.807, 2.05) is 35.4 Å². The molecule has 0 amide bonds. The zero-order chi connectivity index (χ0) is 14.2. The monoisotopic (exact) mass is 315 g/mol. The summed E-state index contributed by atoms with van der Waals surface area (Å²) in [6, 6.07) is 8.39. The van der Waals surface area contributed by atoms with Gasteiger partial charge in [-0.15, -0.1) is 23.1 Å². The summed E-state index contributed by atoms with van der Waals surface area (Å²) in [6.07, 6.45) is 5.71. The smallest absolute Gasteiger partial charge is 0.161 e. The molecule has 1 unspecified atom stereocenters. The van der Waals surface area contributed by atoms with Gasteiger partial charge in [0, 0.05) is 11.1 Å². The summed E-state index contributed by atoms with van der Waals surface area (Å²) in [4.78, 5) is 12.0. The summed E-state index contributed by atoms with van der Waals surface area (Å²) < 4.78 is 2.37. The molecule has 1 atom stereocenters. The largest absolute Gasteiger partial charge is 0.295 e. The SMILES string of the molecule is Cc1ccc(-c2nc3cccnc3n2C2CCCCS2)s1. The minimum Gasteiger partial charge on any atom is -0.295 e. The molecule has 1 saturated heterocycles. The molecule has 0 spiro atoms. The highest BCUT2D eigenvalue weighted by Gasteiger charge is 2.23. The van der Waals surface area contributed by atoms with Crippen LogP contribution in [0.4, 0.5) is 0 Å². The molecule has 1 aliphatic rings. The van der Waals surface area contributed by atoms with Gasteiger partial charge in [-0.25, -0.2) is 9.97 Å². The number of imidazole rings is 1. The van der Waals surface area contributed by atoms with Crippen molar-refractivity contribution in [3.05, 3.63) is 35.3 Å². The first-order chi connectivity index (χ1) is 10.3. The maximum atomic E-state index is 4.87. The molecule has 0 aromatic carbocycles. The molecular weight excluding hydrogens is 298 g/mol. The van der Waals surface area contributed by atoms with E-state index >= 15 is 0 Å². The average molecular weight is 315 g/mol. The van der Waals surface area contributed by atoms with E-state index < -0.39 is 0 Å². The lowest BCUT2D eigenvalue weighted by Crippen LogP contribution is -2.11. The maximum absolute atomic E-state index is 4.87. The molecule has 1 fully saturated rings. The Kier molecular flexibility index (Phi) is 3.47. The molecule has 0 bridgehead atoms. The van der Waals surface area contributed by atoms with Crippen LogP contribution in [0.25, 0.3) is 21.9 Å². The molecule has 3 aromatic rings. The van der Waals surface area contributed by atoms with Gasteiger partial charge < -0.3 is 0 Å². The molecule has 21 heavy (non-hydrogen) atoms. The number of hydrogen-bond donors (Lipinski definition) is 0. The highest BCUT2D eigenvalue weighted by Crippen LogP contribution is 2.40. The van der Waals surface area contributed by atoms with Crippen LogP contribution in [0.15, 0.2) is 30.5 Å². The van der Waals surface area contributed by atoms with Crippen LogP contribution in [-0.4, -0.2) is 20.3 Å². The first-order valence-corrected chi connectivity index (χ1v) is 9.21. The lowest BCUT2D eigenvalue weighted by Gasteiger charge is -2.24. The normalized spacial score (nSPS) is 19.2. The average Bonchev–Trinajstić information content (AvgIpc) is 3.11. The molecule has 108 valence electrons. The highest BCUT2D eigenvalue weighted by atomic mass is 32.2. The zero-order valence-electron chi connectivity index (χ0n) is 12.0. The predicted molar refractivity (Wildman–Crippen MR) is 90.9 cm³/mol. The van der Waals surface area contributed by atoms with Crippen molar-refractivity contribution in [2.24, 2.45) is 0 Å². The van der Waals surface area contributed by atoms with Crippen molar-refractivity contribution in [1.82, 2.24) is 14.5 Å². The molecule has 0 radical (unpaired) electrons. The molecule has 0 saturated carbocycles. The lowest BCUT2D eigenvalue weighted by atomic mass is 10.2. The Morgan fingerprint density at radius 3 is 2.95 bits per heavy atom. The lowest BCUT2D eigenvalue weighted by molar-refractivity contribution is 0.581. The number of rotatable bonds is 2. The van der Waals surface area contributed by atoms with Crippen molar-refractivity contribution >= 4 is 34.3 Å². The second-order valence-electron chi connectivity index (χ2n) is 5.38. The third-order valence-corrected chi connectivity index (χ3v) is 6.21. The Labute approximate surface area is 132 Å². The van der Waals surface area contributed by atoms with E-state index in [1.54, 1.807) is 0 Å². The first kappa shape index (κ1) is 13.3. The fraction of sp³-hybridized carbons (Fsp3) is 0.375. The van der Waals surface area contributed by atoms with Crippen LogP contribution in [0, 0.1) is 6.92 Å². The minimum absolute atomic E-state index is 0.469. The van der Waals surface area contributed by atoms with E-state index in [0.717, 1.165) is 17.0 Å². The molecule has 4 heterocycles. The minimum atomic E-state index is 0.469. The summed E-state index contributed by atoms with van der Waals surface area (Å²) in [6.45, 7) is 2.15. The third kappa shape index (κ3) is 2.38. The third-order valence-electron chi connectivity index (χ3n) is 3.85. The predicted octanol–water partition coefficient (Wildman–Crippen LogP) is 4.88. The van der Waals surface area contributed by atoms with Gasteiger partial charge in [0.25, 0.3) is 0 Å². The number of thioether (sulfide) groups is 1. The summed E-state index contributed by atoms with van der Waals surface area (Å²) >= 11 is 3.85. The fourth-order valence-corrected chi connectivity index (χ4v) is 5.04. The number of aromatic nitrogens is 3. The van der Waals surface area contributed by atoms with E-state index in [9.17, 15) is 0 Å². The number of aryl methyl sites for hydroxylation is 1. The maximum Gasteiger partial charge on any atom is 0.161 e. The molecule has 4 rings (SSSR count). The summed E-state index contributed by atoms with van der Waals surface area (Å²) in [5.41, 5.74) is 2.03. The standard InChI is InChI=1S/C16H17N3S2/c1-11-7-8-13(21-11)16-18-12-5-4-9-17-15(12)19(16)14-6-2-3-10-20-14/h4-5,7-9,14H,2-3,6,10H2,1H3. The van der Waals surface area contributed by atoms with Crippen molar-refractivity contribution in [3.63, 3.8) is 0 Å². The van der Waals surface area contributed by atoms with Crippen molar-refractivity contribution in [2.75, 3.05) is 5.75 Å². The first-order valence-electron chi connectivity index (χ1n) is 7.34. The van der Waals surface area contributed by atoms with Gasteiger partial charge >= 0.3 is 0 Å². The number of fused-ring (bicyclic) bond motifs is 1. The van der Waals surface area contributed by atoms with Gasteiger partial charge in [0.05, 0.1) is 10.3 Å². The molecule has 0 aliphatic carbocycles. The van der Waals surface area contributed by atoms with E-state index in [2.05, 4.69) is 34.7 Å². The second-order valence-corrected chi connectivity index (χ2v) is 7.96. The molecule has 1 aliphatic heterocycles. The number of pyridine rings is 1. The van der Waals surface area contributed by atoms with Gasteiger partial charge in [0.15, 0.2) is 11.5 Å². The Hall–Kier alpha value is -1.33. The fourth-order valence-electron chi connectivity index (χ4n) is 2.86. The Morgan fingerprint density at radius 1 is 1.24 bits per heavy atom. The molecule has 3 nitrogen and oxygen atoms in total. The van der Waals surface area contributed by atoms with Crippen LogP contribution in [0.3, 0.4) is 0 Å². The second kappa shape index (κ2) is 5.46. The summed E-state index contributed by atoms with van der Waals surface area (Å²) in [7, 11) is 0. The molecule has 3 aromatic heterocycles. The van der Waals surface area contributed by atoms with E-state index in [-0.39, 0.29) is 0 Å². The van der Waals surface area contributed by atoms with Crippen molar-refractivity contribution < 1.29 is 0 Å². The number of nitrogens with zero attached hydrogens (tertiary/aromatic N) is 3. The Balaban J connectivity index is 1.92. The molecule has 5 heteroatoms. The van der Waals surface area contributed by atoms with Crippen molar-refractivity contribution in [2.45, 2.75) is 31.6 Å². The van der Waals surface area contributed by atoms with Crippen LogP contribution < -0.4 is 0 Å². The Morgan fingerprint density at radius 2 is 2.19 bits per heavy atom. The summed E-state index contributed by atoms with van der Waals surface area (Å²) in [5.74, 6) is 2.32. The van der Waals surface area contributed by atoms with Gasteiger partial charge in [-0.3, -0.25) is 4.57 Å². The molecule has 0 N–H and O–H groups in total. The number of thiophene rings is 1. The Bertz CT molecular complexity index is 769.